The van der Waals surface area contributed by atoms with Gasteiger partial charge in [0.05, 0.1) is 5.69 Å². The molecule has 132 valence electrons. The molecule has 0 fully saturated rings. The van der Waals surface area contributed by atoms with Crippen molar-refractivity contribution in [1.29, 1.82) is 0 Å². The van der Waals surface area contributed by atoms with Gasteiger partial charge in [0.15, 0.2) is 10.8 Å². The molecule has 0 saturated heterocycles. The van der Waals surface area contributed by atoms with E-state index in [1.54, 1.807) is 6.92 Å². The second-order valence-corrected chi connectivity index (χ2v) is 6.51. The van der Waals surface area contributed by atoms with Gasteiger partial charge >= 0.3 is 6.18 Å². The minimum Gasteiger partial charge on any atom is -0.459 e. The molecule has 0 radical (unpaired) electrons. The summed E-state index contributed by atoms with van der Waals surface area (Å²) < 4.78 is 43.4. The molecule has 0 amide bonds. The monoisotopic (exact) mass is 367 g/mol. The lowest BCUT2D eigenvalue weighted by atomic mass is 10.1. The maximum atomic E-state index is 12.6. The Balaban J connectivity index is 1.59. The number of nitrogens with one attached hydrogen (secondary N) is 1. The Morgan fingerprint density at radius 1 is 1.20 bits per heavy atom. The summed E-state index contributed by atoms with van der Waals surface area (Å²) in [5, 5.41) is 5.91. The smallest absolute Gasteiger partial charge is 0.433 e. The minimum atomic E-state index is -4.42. The number of hydrogen-bond donors (Lipinski definition) is 1. The van der Waals surface area contributed by atoms with E-state index in [0.717, 1.165) is 33.9 Å². The summed E-state index contributed by atoms with van der Waals surface area (Å²) in [7, 11) is 0. The van der Waals surface area contributed by atoms with E-state index in [2.05, 4.69) is 15.3 Å². The minimum absolute atomic E-state index is 0.420. The van der Waals surface area contributed by atoms with E-state index < -0.39 is 11.9 Å². The van der Waals surface area contributed by atoms with Crippen molar-refractivity contribution >= 4 is 11.3 Å². The maximum absolute atomic E-state index is 12.6. The number of aryl methyl sites for hydroxylation is 2. The fourth-order valence-corrected chi connectivity index (χ4v) is 3.08. The first-order chi connectivity index (χ1) is 11.8. The molecular weight excluding hydrogens is 351 g/mol. The van der Waals surface area contributed by atoms with Gasteiger partial charge in [0.1, 0.15) is 11.5 Å². The fraction of sp³-hybridized carbons (Fsp3) is 0.294. The van der Waals surface area contributed by atoms with E-state index in [4.69, 9.17) is 4.42 Å². The number of aromatic nitrogens is 2. The van der Waals surface area contributed by atoms with Gasteiger partial charge in [-0.2, -0.15) is 13.2 Å². The second kappa shape index (κ2) is 6.97. The number of alkyl halides is 3. The van der Waals surface area contributed by atoms with Crippen LogP contribution in [0.25, 0.3) is 10.8 Å². The first-order valence-corrected chi connectivity index (χ1v) is 8.45. The lowest BCUT2D eigenvalue weighted by molar-refractivity contribution is -0.141. The third-order valence-corrected chi connectivity index (χ3v) is 4.54. The van der Waals surface area contributed by atoms with Crippen molar-refractivity contribution in [3.05, 3.63) is 58.1 Å². The normalized spacial score (nSPS) is 11.9. The van der Waals surface area contributed by atoms with Crippen LogP contribution in [0.3, 0.4) is 0 Å². The molecule has 0 aliphatic rings. The zero-order chi connectivity index (χ0) is 18.0. The van der Waals surface area contributed by atoms with Crippen LogP contribution >= 0.6 is 11.3 Å². The van der Waals surface area contributed by atoms with E-state index in [1.807, 2.05) is 24.4 Å². The van der Waals surface area contributed by atoms with Crippen molar-refractivity contribution in [2.24, 2.45) is 0 Å². The van der Waals surface area contributed by atoms with Gasteiger partial charge in [-0.15, -0.1) is 11.3 Å². The number of nitrogens with zero attached hydrogens (tertiary/aromatic N) is 2. The Morgan fingerprint density at radius 3 is 2.64 bits per heavy atom. The molecular formula is C17H16F3N3OS. The molecule has 3 heterocycles. The van der Waals surface area contributed by atoms with E-state index in [-0.39, 0.29) is 0 Å². The predicted molar refractivity (Wildman–Crippen MR) is 89.1 cm³/mol. The summed E-state index contributed by atoms with van der Waals surface area (Å²) in [6.07, 6.45) is -3.15. The molecule has 0 saturated carbocycles. The summed E-state index contributed by atoms with van der Waals surface area (Å²) in [6.45, 7) is 4.45. The van der Waals surface area contributed by atoms with E-state index in [9.17, 15) is 13.2 Å². The van der Waals surface area contributed by atoms with Crippen LogP contribution in [-0.4, -0.2) is 9.97 Å². The molecule has 3 aromatic heterocycles. The molecule has 0 aliphatic heterocycles. The van der Waals surface area contributed by atoms with Crippen molar-refractivity contribution < 1.29 is 17.6 Å². The van der Waals surface area contributed by atoms with Crippen LogP contribution in [0.15, 0.2) is 34.2 Å². The summed E-state index contributed by atoms with van der Waals surface area (Å²) >= 11 is 1.49. The number of pyridine rings is 1. The Kier molecular flexibility index (Phi) is 4.91. The van der Waals surface area contributed by atoms with Gasteiger partial charge in [0.2, 0.25) is 0 Å². The molecule has 0 unspecified atom stereocenters. The van der Waals surface area contributed by atoms with Crippen molar-refractivity contribution in [3.8, 4) is 10.8 Å². The third-order valence-electron chi connectivity index (χ3n) is 3.63. The van der Waals surface area contributed by atoms with Gasteiger partial charge in [-0.1, -0.05) is 0 Å². The van der Waals surface area contributed by atoms with Crippen LogP contribution in [0.2, 0.25) is 0 Å². The lowest BCUT2D eigenvalue weighted by Gasteiger charge is -2.10. The molecule has 1 N–H and O–H groups in total. The summed E-state index contributed by atoms with van der Waals surface area (Å²) in [5.41, 5.74) is 1.27. The molecule has 0 spiro atoms. The second-order valence-electron chi connectivity index (χ2n) is 5.65. The third kappa shape index (κ3) is 4.26. The largest absolute Gasteiger partial charge is 0.459 e. The van der Waals surface area contributed by atoms with Crippen molar-refractivity contribution in [1.82, 2.24) is 15.3 Å². The van der Waals surface area contributed by atoms with Gasteiger partial charge in [-0.3, -0.25) is 4.98 Å². The van der Waals surface area contributed by atoms with Crippen LogP contribution in [0.5, 0.6) is 0 Å². The molecule has 8 heteroatoms. The zero-order valence-electron chi connectivity index (χ0n) is 13.6. The number of hydrogen-bond acceptors (Lipinski definition) is 5. The summed E-state index contributed by atoms with van der Waals surface area (Å²) in [5.74, 6) is 1.56. The van der Waals surface area contributed by atoms with Gasteiger partial charge in [-0.25, -0.2) is 4.98 Å². The highest BCUT2D eigenvalue weighted by Crippen LogP contribution is 2.28. The molecule has 0 aliphatic carbocycles. The number of thiazole rings is 1. The molecule has 3 aromatic rings. The van der Waals surface area contributed by atoms with Gasteiger partial charge < -0.3 is 9.73 Å². The molecule has 0 aromatic carbocycles. The quantitative estimate of drug-likeness (QED) is 0.709. The summed E-state index contributed by atoms with van der Waals surface area (Å²) in [4.78, 5) is 7.98. The van der Waals surface area contributed by atoms with Crippen LogP contribution < -0.4 is 5.32 Å². The molecule has 0 bridgehead atoms. The van der Waals surface area contributed by atoms with Crippen molar-refractivity contribution in [3.63, 3.8) is 0 Å². The average Bonchev–Trinajstić information content (AvgIpc) is 3.16. The van der Waals surface area contributed by atoms with Crippen LogP contribution in [0.4, 0.5) is 13.2 Å². The average molecular weight is 367 g/mol. The Labute approximate surface area is 146 Å². The standard InChI is InChI=1S/C17H16F3N3OS/c1-10-5-15(17(18,19)20)22-7-12(10)6-21-8-13-9-25-16(23-13)14-4-3-11(2)24-14/h3-5,7,9,21H,6,8H2,1-2H3. The molecule has 0 atom stereocenters. The van der Waals surface area contributed by atoms with Gasteiger partial charge in [0.25, 0.3) is 0 Å². The highest BCUT2D eigenvalue weighted by Gasteiger charge is 2.32. The van der Waals surface area contributed by atoms with Gasteiger partial charge in [-0.05, 0) is 43.2 Å². The Hall–Kier alpha value is -2.19. The first-order valence-electron chi connectivity index (χ1n) is 7.57. The first kappa shape index (κ1) is 17.6. The van der Waals surface area contributed by atoms with E-state index >= 15 is 0 Å². The van der Waals surface area contributed by atoms with Crippen LogP contribution in [-0.2, 0) is 19.3 Å². The number of rotatable bonds is 5. The van der Waals surface area contributed by atoms with Crippen molar-refractivity contribution in [2.75, 3.05) is 0 Å². The predicted octanol–water partition coefficient (Wildman–Crippen LogP) is 4.72. The Morgan fingerprint density at radius 2 is 2.00 bits per heavy atom. The topological polar surface area (TPSA) is 51.0 Å². The van der Waals surface area contributed by atoms with Gasteiger partial charge in [0, 0.05) is 24.7 Å². The van der Waals surface area contributed by atoms with Crippen LogP contribution in [0, 0.1) is 13.8 Å². The number of halogens is 3. The highest BCUT2D eigenvalue weighted by atomic mass is 32.1. The van der Waals surface area contributed by atoms with Crippen LogP contribution in [0.1, 0.15) is 28.3 Å². The number of furan rings is 1. The molecule has 4 nitrogen and oxygen atoms in total. The lowest BCUT2D eigenvalue weighted by Crippen LogP contribution is -2.15. The summed E-state index contributed by atoms with van der Waals surface area (Å²) in [6, 6.07) is 4.83. The van der Waals surface area contributed by atoms with E-state index in [1.165, 1.54) is 17.5 Å². The maximum Gasteiger partial charge on any atom is 0.433 e. The SMILES string of the molecule is Cc1ccc(-c2nc(CNCc3cnc(C(F)(F)F)cc3C)cs2)o1. The molecule has 3 rings (SSSR count). The van der Waals surface area contributed by atoms with E-state index in [0.29, 0.717) is 18.7 Å². The highest BCUT2D eigenvalue weighted by molar-refractivity contribution is 7.13. The fourth-order valence-electron chi connectivity index (χ4n) is 2.30. The zero-order valence-corrected chi connectivity index (χ0v) is 14.5. The van der Waals surface area contributed by atoms with Crippen molar-refractivity contribution in [2.45, 2.75) is 33.1 Å². The Bertz CT molecular complexity index is 870. The molecule has 25 heavy (non-hydrogen) atoms.